The highest BCUT2D eigenvalue weighted by atomic mass is 35.5. The van der Waals surface area contributed by atoms with Gasteiger partial charge in [0.15, 0.2) is 0 Å². The molecule has 1 amide bonds. The van der Waals surface area contributed by atoms with Crippen molar-refractivity contribution in [2.24, 2.45) is 5.92 Å². The molecule has 1 saturated heterocycles. The molecule has 1 saturated carbocycles. The molecule has 0 unspecified atom stereocenters. The number of ether oxygens (including phenoxy) is 2. The minimum absolute atomic E-state index is 0.0673. The van der Waals surface area contributed by atoms with Gasteiger partial charge in [-0.2, -0.15) is 5.10 Å². The minimum atomic E-state index is -1.35. The Kier molecular flexibility index (Phi) is 5.86. The molecule has 2 fully saturated rings. The van der Waals surface area contributed by atoms with Gasteiger partial charge in [-0.25, -0.2) is 18.3 Å². The number of benzene rings is 3. The molecule has 1 spiro atoms. The SMILES string of the molecule is COC(=O)c1cc2nn3c(c2cc1F)OC[C@H]1[C@@H]3[C@H](c2cccc(Cl)c2F)[C@]2(C(=O)Nc3cc(Cl)ccc32)N1CC1CC1. The summed E-state index contributed by atoms with van der Waals surface area (Å²) < 4.78 is 43.9. The Labute approximate surface area is 254 Å². The normalized spacial score (nSPS) is 25.8. The molecular weight excluding hydrogens is 601 g/mol. The summed E-state index contributed by atoms with van der Waals surface area (Å²) in [5.41, 5.74) is 0.181. The largest absolute Gasteiger partial charge is 0.476 e. The molecule has 8 nitrogen and oxygen atoms in total. The predicted octanol–water partition coefficient (Wildman–Crippen LogP) is 6.07. The minimum Gasteiger partial charge on any atom is -0.476 e. The number of carbonyl (C=O) groups excluding carboxylic acids is 2. The Bertz CT molecular complexity index is 1880. The first-order valence-corrected chi connectivity index (χ1v) is 14.7. The maximum Gasteiger partial charge on any atom is 0.340 e. The number of hydrogen-bond donors (Lipinski definition) is 1. The van der Waals surface area contributed by atoms with E-state index in [0.717, 1.165) is 12.8 Å². The quantitative estimate of drug-likeness (QED) is 0.278. The maximum atomic E-state index is 16.2. The summed E-state index contributed by atoms with van der Waals surface area (Å²) >= 11 is 12.7. The van der Waals surface area contributed by atoms with Crippen LogP contribution in [0.2, 0.25) is 10.0 Å². The number of esters is 1. The summed E-state index contributed by atoms with van der Waals surface area (Å²) in [5, 5.41) is 8.58. The molecule has 0 bridgehead atoms. The van der Waals surface area contributed by atoms with Gasteiger partial charge in [0, 0.05) is 28.7 Å². The van der Waals surface area contributed by atoms with Crippen molar-refractivity contribution in [3.63, 3.8) is 0 Å². The van der Waals surface area contributed by atoms with Crippen molar-refractivity contribution < 1.29 is 27.8 Å². The van der Waals surface area contributed by atoms with Gasteiger partial charge in [0.05, 0.1) is 40.7 Å². The van der Waals surface area contributed by atoms with Crippen LogP contribution in [-0.4, -0.2) is 52.9 Å². The van der Waals surface area contributed by atoms with Crippen LogP contribution in [0, 0.1) is 17.6 Å². The molecule has 4 atom stereocenters. The average molecular weight is 625 g/mol. The van der Waals surface area contributed by atoms with Crippen molar-refractivity contribution in [2.45, 2.75) is 36.4 Å². The van der Waals surface area contributed by atoms with E-state index in [0.29, 0.717) is 39.6 Å². The fourth-order valence-corrected chi connectivity index (χ4v) is 7.73. The second-order valence-corrected chi connectivity index (χ2v) is 12.4. The summed E-state index contributed by atoms with van der Waals surface area (Å²) in [6.07, 6.45) is 2.03. The summed E-state index contributed by atoms with van der Waals surface area (Å²) in [6, 6.07) is 11.5. The number of nitrogens with zero attached hydrogens (tertiary/aromatic N) is 3. The van der Waals surface area contributed by atoms with Gasteiger partial charge < -0.3 is 14.8 Å². The second-order valence-electron chi connectivity index (χ2n) is 11.6. The number of halogens is 4. The smallest absolute Gasteiger partial charge is 0.340 e. The Hall–Kier alpha value is -3.73. The van der Waals surface area contributed by atoms with Gasteiger partial charge in [0.25, 0.3) is 0 Å². The summed E-state index contributed by atoms with van der Waals surface area (Å²) in [7, 11) is 1.17. The van der Waals surface area contributed by atoms with Crippen LogP contribution in [0.5, 0.6) is 5.88 Å². The number of amides is 1. The molecule has 4 heterocycles. The zero-order chi connectivity index (χ0) is 29.8. The van der Waals surface area contributed by atoms with Crippen LogP contribution in [0.1, 0.15) is 46.3 Å². The van der Waals surface area contributed by atoms with E-state index >= 15 is 8.78 Å². The van der Waals surface area contributed by atoms with Gasteiger partial charge in [-0.05, 0) is 54.7 Å². The van der Waals surface area contributed by atoms with E-state index in [4.69, 9.17) is 37.8 Å². The number of rotatable bonds is 4. The number of methoxy groups -OCH3 is 1. The molecule has 8 rings (SSSR count). The lowest BCUT2D eigenvalue weighted by atomic mass is 9.73. The highest BCUT2D eigenvalue weighted by Gasteiger charge is 2.69. The predicted molar refractivity (Wildman–Crippen MR) is 155 cm³/mol. The Balaban J connectivity index is 1.42. The standard InChI is InChI=1S/C31H24Cl2F2N4O4/c1-42-29(40)17-11-22-18(10-21(17)34)28-39(37-22)27-24(13-43-28)38(12-14-5-6-14)31(25(27)16-3-2-4-20(33)26(16)35)19-8-7-15(32)9-23(19)36-30(31)41/h2-4,7-11,14,24-25,27H,5-6,12-13H2,1H3,(H,36,41)/t24-,25-,27+,31+/m0/s1. The van der Waals surface area contributed by atoms with Gasteiger partial charge in [0.1, 0.15) is 23.8 Å². The first-order valence-electron chi connectivity index (χ1n) is 14.0. The number of carbonyl (C=O) groups is 2. The third kappa shape index (κ3) is 3.66. The van der Waals surface area contributed by atoms with E-state index in [1.807, 2.05) is 6.07 Å². The fourth-order valence-electron chi connectivity index (χ4n) is 7.38. The van der Waals surface area contributed by atoms with Crippen LogP contribution < -0.4 is 10.1 Å². The van der Waals surface area contributed by atoms with E-state index in [2.05, 4.69) is 10.2 Å². The molecule has 1 aromatic heterocycles. The first-order chi connectivity index (χ1) is 20.7. The summed E-state index contributed by atoms with van der Waals surface area (Å²) in [5.74, 6) is -2.73. The topological polar surface area (TPSA) is 85.7 Å². The van der Waals surface area contributed by atoms with Gasteiger partial charge in [0.2, 0.25) is 11.8 Å². The number of likely N-dealkylation sites (tertiary alicyclic amines) is 1. The van der Waals surface area contributed by atoms with E-state index in [-0.39, 0.29) is 34.5 Å². The zero-order valence-corrected chi connectivity index (χ0v) is 24.3. The molecule has 1 aliphatic carbocycles. The number of hydrogen-bond acceptors (Lipinski definition) is 6. The fraction of sp³-hybridized carbons (Fsp3) is 0.323. The molecule has 220 valence electrons. The van der Waals surface area contributed by atoms with Crippen LogP contribution in [0.15, 0.2) is 48.5 Å². The summed E-state index contributed by atoms with van der Waals surface area (Å²) in [4.78, 5) is 28.9. The average Bonchev–Trinajstić information content (AvgIpc) is 3.59. The lowest BCUT2D eigenvalue weighted by molar-refractivity contribution is -0.128. The highest BCUT2D eigenvalue weighted by molar-refractivity contribution is 6.31. The molecule has 1 N–H and O–H groups in total. The Morgan fingerprint density at radius 1 is 1.19 bits per heavy atom. The first kappa shape index (κ1) is 26.9. The van der Waals surface area contributed by atoms with Crippen molar-refractivity contribution >= 4 is 51.7 Å². The third-order valence-electron chi connectivity index (χ3n) is 9.31. The van der Waals surface area contributed by atoms with Gasteiger partial charge >= 0.3 is 5.97 Å². The van der Waals surface area contributed by atoms with Gasteiger partial charge in [-0.3, -0.25) is 9.69 Å². The van der Waals surface area contributed by atoms with E-state index < -0.39 is 41.1 Å². The molecular formula is C31H24Cl2F2N4O4. The van der Waals surface area contributed by atoms with Crippen LogP contribution in [0.25, 0.3) is 10.9 Å². The third-order valence-corrected chi connectivity index (χ3v) is 9.84. The van der Waals surface area contributed by atoms with Crippen LogP contribution in [0.3, 0.4) is 0 Å². The maximum absolute atomic E-state index is 16.2. The van der Waals surface area contributed by atoms with Crippen LogP contribution in [-0.2, 0) is 15.1 Å². The van der Waals surface area contributed by atoms with E-state index in [1.54, 1.807) is 28.9 Å². The molecule has 0 radical (unpaired) electrons. The van der Waals surface area contributed by atoms with Crippen LogP contribution in [0.4, 0.5) is 14.5 Å². The Morgan fingerprint density at radius 3 is 2.77 bits per heavy atom. The number of nitrogens with one attached hydrogen (secondary N) is 1. The van der Waals surface area contributed by atoms with Crippen molar-refractivity contribution in [1.82, 2.24) is 14.7 Å². The number of anilines is 1. The number of aromatic nitrogens is 2. The van der Waals surface area contributed by atoms with Crippen molar-refractivity contribution in [1.29, 1.82) is 0 Å². The zero-order valence-electron chi connectivity index (χ0n) is 22.7. The van der Waals surface area contributed by atoms with Crippen molar-refractivity contribution in [3.8, 4) is 5.88 Å². The van der Waals surface area contributed by atoms with Crippen LogP contribution >= 0.6 is 23.2 Å². The summed E-state index contributed by atoms with van der Waals surface area (Å²) in [6.45, 7) is 0.727. The highest BCUT2D eigenvalue weighted by Crippen LogP contribution is 2.63. The van der Waals surface area contributed by atoms with Crippen molar-refractivity contribution in [3.05, 3.63) is 86.9 Å². The molecule has 12 heteroatoms. The Morgan fingerprint density at radius 2 is 2.00 bits per heavy atom. The monoisotopic (exact) mass is 624 g/mol. The van der Waals surface area contributed by atoms with Crippen molar-refractivity contribution in [2.75, 3.05) is 25.6 Å². The lowest BCUT2D eigenvalue weighted by Crippen LogP contribution is -2.54. The second kappa shape index (κ2) is 9.38. The molecule has 4 aliphatic rings. The lowest BCUT2D eigenvalue weighted by Gasteiger charge is -2.39. The van der Waals surface area contributed by atoms with E-state index in [9.17, 15) is 9.59 Å². The molecule has 3 aromatic carbocycles. The molecule has 3 aliphatic heterocycles. The molecule has 4 aromatic rings. The number of fused-ring (bicyclic) bond motifs is 7. The van der Waals surface area contributed by atoms with E-state index in [1.165, 1.54) is 25.3 Å². The molecule has 43 heavy (non-hydrogen) atoms. The van der Waals surface area contributed by atoms with Gasteiger partial charge in [-0.15, -0.1) is 0 Å². The van der Waals surface area contributed by atoms with Gasteiger partial charge in [-0.1, -0.05) is 41.4 Å².